The number of aliphatic hydroxyl groups excluding tert-OH is 2. The van der Waals surface area contributed by atoms with Crippen LogP contribution in [0.15, 0.2) is 84.9 Å². The van der Waals surface area contributed by atoms with Crippen molar-refractivity contribution in [1.29, 1.82) is 0 Å². The van der Waals surface area contributed by atoms with Crippen molar-refractivity contribution in [1.82, 2.24) is 0 Å². The van der Waals surface area contributed by atoms with Gasteiger partial charge in [-0.2, -0.15) is 11.8 Å². The number of thioether (sulfide) groups is 1. The normalized spacial score (nSPS) is 18.7. The lowest BCUT2D eigenvalue weighted by molar-refractivity contribution is -0.134. The third-order valence-corrected chi connectivity index (χ3v) is 9.32. The van der Waals surface area contributed by atoms with E-state index in [1.807, 2.05) is 36.4 Å². The molecule has 1 saturated carbocycles. The molecule has 0 saturated heterocycles. The minimum Gasteiger partial charge on any atom is -0.427 e. The average Bonchev–Trinajstić information content (AvgIpc) is 3.29. The van der Waals surface area contributed by atoms with Gasteiger partial charge in [0.1, 0.15) is 11.5 Å². The van der Waals surface area contributed by atoms with Gasteiger partial charge in [-0.1, -0.05) is 67.8 Å². The van der Waals surface area contributed by atoms with E-state index in [2.05, 4.69) is 5.32 Å². The van der Waals surface area contributed by atoms with E-state index in [-0.39, 0.29) is 35.2 Å². The Morgan fingerprint density at radius 3 is 2.30 bits per heavy atom. The number of unbranched alkanes of at least 4 members (excludes halogenated alkanes) is 3. The van der Waals surface area contributed by atoms with Gasteiger partial charge in [-0.05, 0) is 67.6 Å². The van der Waals surface area contributed by atoms with Crippen LogP contribution in [0.3, 0.4) is 0 Å². The lowest BCUT2D eigenvalue weighted by Gasteiger charge is -2.22. The molecule has 1 aliphatic rings. The number of hydrogen-bond donors (Lipinski definition) is 3. The predicted molar refractivity (Wildman–Crippen MR) is 170 cm³/mol. The summed E-state index contributed by atoms with van der Waals surface area (Å²) in [5.74, 6) is 0.337. The average molecular weight is 604 g/mol. The van der Waals surface area contributed by atoms with Gasteiger partial charge in [0, 0.05) is 41.0 Å². The first-order valence-corrected chi connectivity index (χ1v) is 16.2. The standard InChI is InChI=1S/C35H41NO6S/c37-28(20-17-25-11-5-3-6-12-25)24-43-34-30(31(38)23-32(34)39)15-9-1-2-10-16-33(40)42-29-21-18-27(19-22-29)36-35(41)26-13-7-4-8-14-26/h3-8,11-14,18-19,21-22,28,30,32,34,37,39H,1-2,9-10,15-17,20,23-24H2,(H,36,41)/t28?,30-,32+,34+/m0/s1. The van der Waals surface area contributed by atoms with Crippen LogP contribution in [0.1, 0.15) is 67.3 Å². The van der Waals surface area contributed by atoms with E-state index >= 15 is 0 Å². The lowest BCUT2D eigenvalue weighted by Crippen LogP contribution is -2.26. The summed E-state index contributed by atoms with van der Waals surface area (Å²) in [5, 5.41) is 23.6. The van der Waals surface area contributed by atoms with Crippen LogP contribution in [0.4, 0.5) is 5.69 Å². The number of ketones is 1. The van der Waals surface area contributed by atoms with E-state index in [9.17, 15) is 24.6 Å². The van der Waals surface area contributed by atoms with Gasteiger partial charge < -0.3 is 20.3 Å². The van der Waals surface area contributed by atoms with Gasteiger partial charge in [0.15, 0.2) is 0 Å². The number of hydrogen-bond acceptors (Lipinski definition) is 7. The molecule has 228 valence electrons. The van der Waals surface area contributed by atoms with E-state index in [1.54, 1.807) is 48.5 Å². The minimum atomic E-state index is -0.659. The minimum absolute atomic E-state index is 0.109. The number of benzene rings is 3. The molecule has 4 atom stereocenters. The number of Topliss-reactive ketones (excluding diaryl/α,β-unsaturated/α-hetero) is 1. The van der Waals surface area contributed by atoms with Gasteiger partial charge in [-0.25, -0.2) is 0 Å². The summed E-state index contributed by atoms with van der Waals surface area (Å²) in [5.41, 5.74) is 2.37. The van der Waals surface area contributed by atoms with Gasteiger partial charge in [-0.15, -0.1) is 0 Å². The first-order chi connectivity index (χ1) is 20.9. The van der Waals surface area contributed by atoms with Gasteiger partial charge in [-0.3, -0.25) is 14.4 Å². The highest BCUT2D eigenvalue weighted by molar-refractivity contribution is 8.00. The first-order valence-electron chi connectivity index (χ1n) is 15.1. The largest absolute Gasteiger partial charge is 0.427 e. The van der Waals surface area contributed by atoms with Crippen LogP contribution >= 0.6 is 11.8 Å². The highest BCUT2D eigenvalue weighted by Gasteiger charge is 2.41. The van der Waals surface area contributed by atoms with Gasteiger partial charge in [0.05, 0.1) is 12.2 Å². The van der Waals surface area contributed by atoms with E-state index in [4.69, 9.17) is 4.74 Å². The summed E-state index contributed by atoms with van der Waals surface area (Å²) in [6, 6.07) is 25.7. The number of carbonyl (C=O) groups is 3. The monoisotopic (exact) mass is 603 g/mol. The molecule has 8 heteroatoms. The van der Waals surface area contributed by atoms with Crippen molar-refractivity contribution >= 4 is 35.1 Å². The Bertz CT molecular complexity index is 1300. The molecule has 0 spiro atoms. The van der Waals surface area contributed by atoms with Crippen molar-refractivity contribution in [2.45, 2.75) is 75.2 Å². The third-order valence-electron chi connectivity index (χ3n) is 7.72. The molecule has 3 aromatic carbocycles. The third kappa shape index (κ3) is 10.6. The summed E-state index contributed by atoms with van der Waals surface area (Å²) < 4.78 is 5.43. The summed E-state index contributed by atoms with van der Waals surface area (Å²) in [4.78, 5) is 37.1. The maximum absolute atomic E-state index is 12.6. The van der Waals surface area contributed by atoms with Crippen LogP contribution < -0.4 is 10.1 Å². The molecule has 1 amide bonds. The van der Waals surface area contributed by atoms with Crippen molar-refractivity contribution in [3.05, 3.63) is 96.1 Å². The summed E-state index contributed by atoms with van der Waals surface area (Å²) in [6.45, 7) is 0. The Kier molecular flexibility index (Phi) is 12.8. The van der Waals surface area contributed by atoms with Gasteiger partial charge >= 0.3 is 5.97 Å². The molecule has 7 nitrogen and oxygen atoms in total. The molecule has 1 unspecified atom stereocenters. The van der Waals surface area contributed by atoms with Crippen molar-refractivity contribution in [3.8, 4) is 5.75 Å². The summed E-state index contributed by atoms with van der Waals surface area (Å²) in [6.07, 6.45) is 4.79. The Balaban J connectivity index is 1.09. The number of aryl methyl sites for hydroxylation is 1. The molecule has 0 aromatic heterocycles. The fourth-order valence-electron chi connectivity index (χ4n) is 5.33. The molecule has 0 radical (unpaired) electrons. The number of anilines is 1. The number of nitrogens with one attached hydrogen (secondary N) is 1. The quantitative estimate of drug-likeness (QED) is 0.101. The zero-order chi connectivity index (χ0) is 30.4. The highest BCUT2D eigenvalue weighted by Crippen LogP contribution is 2.37. The van der Waals surface area contributed by atoms with Crippen LogP contribution in [0.5, 0.6) is 5.75 Å². The second kappa shape index (κ2) is 17.0. The topological polar surface area (TPSA) is 113 Å². The second-order valence-electron chi connectivity index (χ2n) is 11.1. The number of carbonyl (C=O) groups excluding carboxylic acids is 3. The highest BCUT2D eigenvalue weighted by atomic mass is 32.2. The van der Waals surface area contributed by atoms with Crippen LogP contribution in [0.25, 0.3) is 0 Å². The lowest BCUT2D eigenvalue weighted by atomic mass is 9.98. The Labute approximate surface area is 258 Å². The van der Waals surface area contributed by atoms with E-state index in [1.165, 1.54) is 17.3 Å². The molecule has 0 bridgehead atoms. The van der Waals surface area contributed by atoms with E-state index < -0.39 is 12.2 Å². The molecule has 1 aliphatic carbocycles. The Morgan fingerprint density at radius 2 is 1.58 bits per heavy atom. The maximum Gasteiger partial charge on any atom is 0.311 e. The molecule has 43 heavy (non-hydrogen) atoms. The first kappa shape index (κ1) is 32.5. The van der Waals surface area contributed by atoms with Crippen molar-refractivity contribution in [2.24, 2.45) is 5.92 Å². The summed E-state index contributed by atoms with van der Waals surface area (Å²) >= 11 is 1.52. The van der Waals surface area contributed by atoms with E-state index in [0.717, 1.165) is 25.7 Å². The van der Waals surface area contributed by atoms with Crippen molar-refractivity contribution in [3.63, 3.8) is 0 Å². The zero-order valence-electron chi connectivity index (χ0n) is 24.4. The molecule has 0 aliphatic heterocycles. The number of esters is 1. The number of ether oxygens (including phenoxy) is 1. The fourth-order valence-corrected chi connectivity index (χ4v) is 6.78. The van der Waals surface area contributed by atoms with Crippen LogP contribution in [0.2, 0.25) is 0 Å². The van der Waals surface area contributed by atoms with Crippen molar-refractivity contribution < 1.29 is 29.3 Å². The number of rotatable bonds is 16. The van der Waals surface area contributed by atoms with Crippen LogP contribution in [-0.4, -0.2) is 51.1 Å². The molecule has 3 N–H and O–H groups in total. The van der Waals surface area contributed by atoms with E-state index in [0.29, 0.717) is 48.4 Å². The molecular formula is C35H41NO6S. The Hall–Kier alpha value is -3.46. The Morgan fingerprint density at radius 1 is 0.907 bits per heavy atom. The predicted octanol–water partition coefficient (Wildman–Crippen LogP) is 6.23. The number of amides is 1. The van der Waals surface area contributed by atoms with Crippen LogP contribution in [-0.2, 0) is 16.0 Å². The molecule has 1 fully saturated rings. The van der Waals surface area contributed by atoms with Crippen LogP contribution in [0, 0.1) is 5.92 Å². The zero-order valence-corrected chi connectivity index (χ0v) is 25.2. The molecule has 4 rings (SSSR count). The molecule has 0 heterocycles. The smallest absolute Gasteiger partial charge is 0.311 e. The maximum atomic E-state index is 12.6. The van der Waals surface area contributed by atoms with Gasteiger partial charge in [0.2, 0.25) is 0 Å². The summed E-state index contributed by atoms with van der Waals surface area (Å²) in [7, 11) is 0. The molecule has 3 aromatic rings. The second-order valence-corrected chi connectivity index (χ2v) is 12.3. The van der Waals surface area contributed by atoms with Gasteiger partial charge in [0.25, 0.3) is 5.91 Å². The van der Waals surface area contributed by atoms with Crippen molar-refractivity contribution in [2.75, 3.05) is 11.1 Å². The fraction of sp³-hybridized carbons (Fsp3) is 0.400. The number of aliphatic hydroxyl groups is 2. The SMILES string of the molecule is O=C(CCCCCC[C@H]1C(=O)C[C@@H](O)[C@@H]1SCC(O)CCc1ccccc1)Oc1ccc(NC(=O)c2ccccc2)cc1. The molecular weight excluding hydrogens is 562 g/mol.